The van der Waals surface area contributed by atoms with Gasteiger partial charge in [-0.05, 0) is 41.5 Å². The van der Waals surface area contributed by atoms with E-state index in [2.05, 4.69) is 15.3 Å². The second-order valence-electron chi connectivity index (χ2n) is 6.91. The number of benzene rings is 2. The molecule has 0 unspecified atom stereocenters. The lowest BCUT2D eigenvalue weighted by molar-refractivity contribution is -0.131. The number of carboxylic acids is 1. The predicted molar refractivity (Wildman–Crippen MR) is 120 cm³/mol. The van der Waals surface area contributed by atoms with Gasteiger partial charge in [-0.1, -0.05) is 24.3 Å². The van der Waals surface area contributed by atoms with Gasteiger partial charge in [-0.25, -0.2) is 31.6 Å². The third-order valence-electron chi connectivity index (χ3n) is 4.24. The average molecular weight is 474 g/mol. The molecule has 0 bridgehead atoms. The van der Waals surface area contributed by atoms with Gasteiger partial charge < -0.3 is 10.4 Å². The van der Waals surface area contributed by atoms with Gasteiger partial charge in [0, 0.05) is 36.0 Å². The number of carbonyl (C=O) groups is 1. The van der Waals surface area contributed by atoms with E-state index in [9.17, 15) is 21.6 Å². The molecule has 2 aromatic carbocycles. The molecule has 32 heavy (non-hydrogen) atoms. The first-order chi connectivity index (χ1) is 14.9. The Kier molecular flexibility index (Phi) is 6.42. The van der Waals surface area contributed by atoms with Crippen molar-refractivity contribution in [2.24, 2.45) is 0 Å². The molecule has 0 aliphatic carbocycles. The number of anilines is 2. The summed E-state index contributed by atoms with van der Waals surface area (Å²) in [6, 6.07) is 12.6. The van der Waals surface area contributed by atoms with Gasteiger partial charge in [-0.3, -0.25) is 0 Å². The first-order valence-electron chi connectivity index (χ1n) is 9.09. The zero-order chi connectivity index (χ0) is 23.5. The molecule has 1 heterocycles. The number of aromatic nitrogens is 2. The number of aliphatic carboxylic acids is 1. The summed E-state index contributed by atoms with van der Waals surface area (Å²) in [5.41, 5.74) is 1.67. The van der Waals surface area contributed by atoms with E-state index in [1.165, 1.54) is 24.4 Å². The third kappa shape index (κ3) is 5.77. The Hall–Kier alpha value is -3.57. The predicted octanol–water partition coefficient (Wildman–Crippen LogP) is 2.79. The van der Waals surface area contributed by atoms with Crippen LogP contribution < -0.4 is 5.32 Å². The minimum atomic E-state index is -3.77. The van der Waals surface area contributed by atoms with Crippen LogP contribution in [0, 0.1) is 0 Å². The highest BCUT2D eigenvalue weighted by Crippen LogP contribution is 2.28. The smallest absolute Gasteiger partial charge is 0.328 e. The van der Waals surface area contributed by atoms with Gasteiger partial charge in [0.15, 0.2) is 24.7 Å². The summed E-state index contributed by atoms with van der Waals surface area (Å²) in [4.78, 5) is 19.2. The molecule has 9 nitrogen and oxygen atoms in total. The minimum Gasteiger partial charge on any atom is -0.478 e. The molecule has 0 amide bonds. The molecule has 1 aromatic heterocycles. The molecule has 2 N–H and O–H groups in total. The molecule has 11 heteroatoms. The van der Waals surface area contributed by atoms with E-state index < -0.39 is 25.6 Å². The quantitative estimate of drug-likeness (QED) is 0.391. The Morgan fingerprint density at radius 3 is 2.38 bits per heavy atom. The maximum Gasteiger partial charge on any atom is 0.328 e. The average Bonchev–Trinajstić information content (AvgIpc) is 2.71. The Morgan fingerprint density at radius 1 is 1.00 bits per heavy atom. The molecule has 0 aliphatic heterocycles. The van der Waals surface area contributed by atoms with Crippen molar-refractivity contribution in [1.29, 1.82) is 0 Å². The SMILES string of the molecule is CS(=O)(=O)c1cccc(Nc2ncc(-c3cccc(/C=C/C(=O)O)c3)c(S(C)(=O)=O)n2)c1. The van der Waals surface area contributed by atoms with Crippen LogP contribution in [0.5, 0.6) is 0 Å². The third-order valence-corrected chi connectivity index (χ3v) is 6.36. The molecule has 3 aromatic rings. The van der Waals surface area contributed by atoms with Crippen molar-refractivity contribution in [2.45, 2.75) is 9.92 Å². The van der Waals surface area contributed by atoms with Gasteiger partial charge >= 0.3 is 5.97 Å². The summed E-state index contributed by atoms with van der Waals surface area (Å²) >= 11 is 0. The summed E-state index contributed by atoms with van der Waals surface area (Å²) in [6.07, 6.45) is 5.80. The van der Waals surface area contributed by atoms with Gasteiger partial charge in [0.1, 0.15) is 0 Å². The molecule has 166 valence electrons. The Bertz CT molecular complexity index is 1430. The zero-order valence-electron chi connectivity index (χ0n) is 17.1. The molecule has 0 aliphatic rings. The fourth-order valence-electron chi connectivity index (χ4n) is 2.82. The van der Waals surface area contributed by atoms with E-state index in [0.717, 1.165) is 18.6 Å². The Morgan fingerprint density at radius 2 is 1.72 bits per heavy atom. The van der Waals surface area contributed by atoms with E-state index in [1.54, 1.807) is 36.4 Å². The fraction of sp³-hybridized carbons (Fsp3) is 0.0952. The van der Waals surface area contributed by atoms with E-state index in [-0.39, 0.29) is 21.4 Å². The largest absolute Gasteiger partial charge is 0.478 e. The zero-order valence-corrected chi connectivity index (χ0v) is 18.7. The molecule has 0 atom stereocenters. The van der Waals surface area contributed by atoms with Crippen LogP contribution in [0.2, 0.25) is 0 Å². The highest BCUT2D eigenvalue weighted by Gasteiger charge is 2.19. The highest BCUT2D eigenvalue weighted by atomic mass is 32.2. The van der Waals surface area contributed by atoms with Crippen molar-refractivity contribution >= 4 is 43.4 Å². The molecule has 3 rings (SSSR count). The maximum absolute atomic E-state index is 12.4. The van der Waals surface area contributed by atoms with Gasteiger partial charge in [0.2, 0.25) is 5.95 Å². The van der Waals surface area contributed by atoms with Crippen LogP contribution in [-0.2, 0) is 24.5 Å². The van der Waals surface area contributed by atoms with Crippen molar-refractivity contribution in [1.82, 2.24) is 9.97 Å². The van der Waals surface area contributed by atoms with Gasteiger partial charge in [-0.15, -0.1) is 0 Å². The number of nitrogens with zero attached hydrogens (tertiary/aromatic N) is 2. The van der Waals surface area contributed by atoms with Crippen molar-refractivity contribution in [3.63, 3.8) is 0 Å². The number of nitrogens with one attached hydrogen (secondary N) is 1. The standard InChI is InChI=1S/C21H19N3O6S2/c1-31(27,28)17-8-4-7-16(12-17)23-21-22-13-18(20(24-21)32(2,29)30)15-6-3-5-14(11-15)9-10-19(25)26/h3-13H,1-2H3,(H,25,26)(H,22,23,24)/b10-9+. The summed E-state index contributed by atoms with van der Waals surface area (Å²) in [7, 11) is -7.19. The van der Waals surface area contributed by atoms with Gasteiger partial charge in [0.05, 0.1) is 4.90 Å². The van der Waals surface area contributed by atoms with E-state index in [0.29, 0.717) is 16.8 Å². The van der Waals surface area contributed by atoms with Crippen LogP contribution in [0.15, 0.2) is 70.7 Å². The number of rotatable bonds is 7. The lowest BCUT2D eigenvalue weighted by Crippen LogP contribution is -2.08. The number of hydrogen-bond donors (Lipinski definition) is 2. The summed E-state index contributed by atoms with van der Waals surface area (Å²) in [5.74, 6) is -1.13. The van der Waals surface area contributed by atoms with E-state index in [4.69, 9.17) is 5.11 Å². The van der Waals surface area contributed by atoms with Crippen molar-refractivity contribution in [2.75, 3.05) is 17.8 Å². The molecule has 0 saturated heterocycles. The summed E-state index contributed by atoms with van der Waals surface area (Å²) in [5, 5.41) is 11.4. The first-order valence-corrected chi connectivity index (χ1v) is 12.9. The number of sulfone groups is 2. The van der Waals surface area contributed by atoms with Gasteiger partial charge in [-0.2, -0.15) is 0 Å². The summed E-state index contributed by atoms with van der Waals surface area (Å²) in [6.45, 7) is 0. The Balaban J connectivity index is 2.03. The fourth-order valence-corrected chi connectivity index (χ4v) is 4.31. The summed E-state index contributed by atoms with van der Waals surface area (Å²) < 4.78 is 48.4. The molecule has 0 saturated carbocycles. The van der Waals surface area contributed by atoms with Gasteiger partial charge in [0.25, 0.3) is 0 Å². The second-order valence-corrected chi connectivity index (χ2v) is 10.9. The minimum absolute atomic E-state index is 0.0262. The van der Waals surface area contributed by atoms with Crippen LogP contribution in [0.25, 0.3) is 17.2 Å². The van der Waals surface area contributed by atoms with Crippen molar-refractivity contribution in [3.05, 3.63) is 66.4 Å². The van der Waals surface area contributed by atoms with Crippen molar-refractivity contribution < 1.29 is 26.7 Å². The van der Waals surface area contributed by atoms with Crippen LogP contribution in [0.1, 0.15) is 5.56 Å². The van der Waals surface area contributed by atoms with Crippen molar-refractivity contribution in [3.8, 4) is 11.1 Å². The number of carboxylic acid groups (broad SMARTS) is 1. The Labute approximate surface area is 185 Å². The van der Waals surface area contributed by atoms with Crippen LogP contribution in [0.4, 0.5) is 11.6 Å². The second kappa shape index (κ2) is 8.89. The molecule has 0 spiro atoms. The molecule has 0 fully saturated rings. The van der Waals surface area contributed by atoms with E-state index >= 15 is 0 Å². The number of hydrogen-bond acceptors (Lipinski definition) is 8. The molecular weight excluding hydrogens is 454 g/mol. The van der Waals surface area contributed by atoms with E-state index in [1.807, 2.05) is 0 Å². The normalized spacial score (nSPS) is 12.1. The topological polar surface area (TPSA) is 143 Å². The first kappa shape index (κ1) is 23.1. The monoisotopic (exact) mass is 473 g/mol. The highest BCUT2D eigenvalue weighted by molar-refractivity contribution is 7.91. The maximum atomic E-state index is 12.4. The lowest BCUT2D eigenvalue weighted by atomic mass is 10.1. The van der Waals surface area contributed by atoms with Crippen LogP contribution >= 0.6 is 0 Å². The molecular formula is C21H19N3O6S2. The van der Waals surface area contributed by atoms with Crippen LogP contribution in [0.3, 0.4) is 0 Å². The van der Waals surface area contributed by atoms with Crippen LogP contribution in [-0.4, -0.2) is 50.4 Å². The molecule has 0 radical (unpaired) electrons. The lowest BCUT2D eigenvalue weighted by Gasteiger charge is -2.11.